The quantitative estimate of drug-likeness (QED) is 0.733. The van der Waals surface area contributed by atoms with Crippen LogP contribution >= 0.6 is 0 Å². The maximum Gasteiger partial charge on any atom is 0.160 e. The Labute approximate surface area is 104 Å². The molecule has 0 aliphatic rings. The molecule has 3 N–H and O–H groups in total. The number of H-pyrrole nitrogens is 1. The second-order valence-electron chi connectivity index (χ2n) is 4.03. The van der Waals surface area contributed by atoms with Crippen LogP contribution in [0, 0.1) is 0 Å². The average Bonchev–Trinajstić information content (AvgIpc) is 2.99. The highest BCUT2D eigenvalue weighted by Gasteiger charge is 2.11. The molecule has 0 unspecified atom stereocenters. The molecule has 3 aromatic rings. The predicted molar refractivity (Wildman–Crippen MR) is 69.8 cm³/mol. The molecular weight excluding hydrogens is 226 g/mol. The number of anilines is 1. The van der Waals surface area contributed by atoms with Crippen LogP contribution in [0.4, 0.5) is 5.82 Å². The summed E-state index contributed by atoms with van der Waals surface area (Å²) in [5, 5.41) is 0. The normalized spacial score (nSPS) is 10.7. The van der Waals surface area contributed by atoms with E-state index in [1.165, 1.54) is 5.56 Å². The summed E-state index contributed by atoms with van der Waals surface area (Å²) >= 11 is 0. The molecular formula is C13H13N5. The zero-order chi connectivity index (χ0) is 12.4. The molecule has 0 amide bonds. The average molecular weight is 239 g/mol. The molecule has 5 heteroatoms. The van der Waals surface area contributed by atoms with Crippen molar-refractivity contribution in [2.75, 3.05) is 5.73 Å². The van der Waals surface area contributed by atoms with Crippen LogP contribution in [0.2, 0.25) is 0 Å². The molecule has 1 aromatic carbocycles. The second-order valence-corrected chi connectivity index (χ2v) is 4.03. The fraction of sp³-hybridized carbons (Fsp3) is 0.0769. The Balaban J connectivity index is 1.96. The molecule has 0 saturated heterocycles. The molecule has 3 rings (SSSR count). The zero-order valence-corrected chi connectivity index (χ0v) is 9.74. The van der Waals surface area contributed by atoms with Gasteiger partial charge in [0, 0.05) is 18.9 Å². The molecule has 5 nitrogen and oxygen atoms in total. The topological polar surface area (TPSA) is 72.5 Å². The van der Waals surface area contributed by atoms with Gasteiger partial charge in [0.05, 0.1) is 6.33 Å². The second kappa shape index (κ2) is 4.37. The van der Waals surface area contributed by atoms with Crippen molar-refractivity contribution in [3.8, 4) is 11.5 Å². The van der Waals surface area contributed by atoms with Crippen LogP contribution in [0.3, 0.4) is 0 Å². The molecule has 2 aromatic heterocycles. The van der Waals surface area contributed by atoms with E-state index in [0.717, 1.165) is 18.1 Å². The smallest absolute Gasteiger partial charge is 0.160 e. The van der Waals surface area contributed by atoms with Crippen LogP contribution in [0.25, 0.3) is 11.5 Å². The minimum Gasteiger partial charge on any atom is -0.382 e. The lowest BCUT2D eigenvalue weighted by Gasteiger charge is -2.07. The third-order valence-corrected chi connectivity index (χ3v) is 2.80. The van der Waals surface area contributed by atoms with Crippen molar-refractivity contribution < 1.29 is 0 Å². The number of benzene rings is 1. The van der Waals surface area contributed by atoms with Crippen LogP contribution in [0.15, 0.2) is 49.1 Å². The predicted octanol–water partition coefficient (Wildman–Crippen LogP) is 1.90. The Kier molecular flexibility index (Phi) is 2.57. The van der Waals surface area contributed by atoms with Crippen molar-refractivity contribution in [3.63, 3.8) is 0 Å². The van der Waals surface area contributed by atoms with E-state index in [2.05, 4.69) is 27.1 Å². The number of nitrogen functional groups attached to an aromatic ring is 1. The first-order valence-electron chi connectivity index (χ1n) is 5.69. The number of hydrogen-bond donors (Lipinski definition) is 2. The van der Waals surface area contributed by atoms with E-state index in [1.54, 1.807) is 12.5 Å². The van der Waals surface area contributed by atoms with E-state index < -0.39 is 0 Å². The van der Waals surface area contributed by atoms with Gasteiger partial charge in [-0.1, -0.05) is 30.3 Å². The van der Waals surface area contributed by atoms with Gasteiger partial charge < -0.3 is 15.3 Å². The summed E-state index contributed by atoms with van der Waals surface area (Å²) in [5.74, 6) is 1.27. The van der Waals surface area contributed by atoms with E-state index >= 15 is 0 Å². The maximum absolute atomic E-state index is 5.80. The Morgan fingerprint density at radius 2 is 2.00 bits per heavy atom. The van der Waals surface area contributed by atoms with Crippen molar-refractivity contribution in [2.24, 2.45) is 0 Å². The fourth-order valence-electron chi connectivity index (χ4n) is 1.93. The number of rotatable bonds is 3. The molecule has 0 bridgehead atoms. The number of imidazole rings is 2. The summed E-state index contributed by atoms with van der Waals surface area (Å²) in [6.07, 6.45) is 5.27. The molecule has 0 aliphatic heterocycles. The van der Waals surface area contributed by atoms with Crippen molar-refractivity contribution in [2.45, 2.75) is 6.54 Å². The van der Waals surface area contributed by atoms with E-state index in [0.29, 0.717) is 5.82 Å². The van der Waals surface area contributed by atoms with Gasteiger partial charge >= 0.3 is 0 Å². The van der Waals surface area contributed by atoms with Crippen molar-refractivity contribution in [1.29, 1.82) is 0 Å². The van der Waals surface area contributed by atoms with Gasteiger partial charge in [0.25, 0.3) is 0 Å². The highest BCUT2D eigenvalue weighted by molar-refractivity contribution is 5.63. The van der Waals surface area contributed by atoms with Crippen LogP contribution in [-0.4, -0.2) is 19.5 Å². The van der Waals surface area contributed by atoms with Gasteiger partial charge in [-0.05, 0) is 5.56 Å². The standard InChI is InChI=1S/C13H13N5/c14-12-11(16-9-17-12)13-15-6-7-18(13)8-10-4-2-1-3-5-10/h1-7,9H,8,14H2,(H,16,17). The molecule has 0 aliphatic carbocycles. The van der Waals surface area contributed by atoms with Crippen molar-refractivity contribution in [3.05, 3.63) is 54.6 Å². The summed E-state index contributed by atoms with van der Waals surface area (Å²) in [5.41, 5.74) is 7.78. The lowest BCUT2D eigenvalue weighted by molar-refractivity contribution is 0.805. The highest BCUT2D eigenvalue weighted by atomic mass is 15.1. The van der Waals surface area contributed by atoms with Crippen molar-refractivity contribution >= 4 is 5.82 Å². The third-order valence-electron chi connectivity index (χ3n) is 2.80. The summed E-state index contributed by atoms with van der Waals surface area (Å²) in [6, 6.07) is 10.2. The zero-order valence-electron chi connectivity index (χ0n) is 9.74. The Bertz CT molecular complexity index is 638. The molecule has 0 saturated carbocycles. The maximum atomic E-state index is 5.80. The summed E-state index contributed by atoms with van der Waals surface area (Å²) in [6.45, 7) is 0.759. The molecule has 0 spiro atoms. The van der Waals surface area contributed by atoms with Crippen LogP contribution in [0.5, 0.6) is 0 Å². The van der Waals surface area contributed by atoms with E-state index in [4.69, 9.17) is 5.73 Å². The van der Waals surface area contributed by atoms with Gasteiger partial charge in [-0.15, -0.1) is 0 Å². The summed E-state index contributed by atoms with van der Waals surface area (Å²) in [4.78, 5) is 11.3. The third kappa shape index (κ3) is 1.86. The number of nitrogens with two attached hydrogens (primary N) is 1. The van der Waals surface area contributed by atoms with E-state index in [1.807, 2.05) is 29.0 Å². The van der Waals surface area contributed by atoms with Crippen LogP contribution in [-0.2, 0) is 6.54 Å². The minimum absolute atomic E-state index is 0.468. The first kappa shape index (κ1) is 10.6. The molecule has 18 heavy (non-hydrogen) atoms. The molecule has 0 fully saturated rings. The summed E-state index contributed by atoms with van der Waals surface area (Å²) in [7, 11) is 0. The minimum atomic E-state index is 0.468. The first-order valence-corrected chi connectivity index (χ1v) is 5.69. The fourth-order valence-corrected chi connectivity index (χ4v) is 1.93. The molecule has 2 heterocycles. The van der Waals surface area contributed by atoms with Crippen LogP contribution in [0.1, 0.15) is 5.56 Å². The van der Waals surface area contributed by atoms with Gasteiger partial charge in [-0.25, -0.2) is 9.97 Å². The van der Waals surface area contributed by atoms with E-state index in [-0.39, 0.29) is 0 Å². The van der Waals surface area contributed by atoms with Gasteiger partial charge in [0.1, 0.15) is 5.69 Å². The Morgan fingerprint density at radius 1 is 1.17 bits per heavy atom. The Hall–Kier alpha value is -2.56. The number of aromatic nitrogens is 4. The number of aromatic amines is 1. The first-order chi connectivity index (χ1) is 8.84. The van der Waals surface area contributed by atoms with Gasteiger partial charge in [0.15, 0.2) is 11.6 Å². The van der Waals surface area contributed by atoms with Gasteiger partial charge in [0.2, 0.25) is 0 Å². The number of nitrogens with one attached hydrogen (secondary N) is 1. The highest BCUT2D eigenvalue weighted by Crippen LogP contribution is 2.20. The van der Waals surface area contributed by atoms with Crippen molar-refractivity contribution in [1.82, 2.24) is 19.5 Å². The number of hydrogen-bond acceptors (Lipinski definition) is 3. The largest absolute Gasteiger partial charge is 0.382 e. The molecule has 0 radical (unpaired) electrons. The monoisotopic (exact) mass is 239 g/mol. The van der Waals surface area contributed by atoms with Gasteiger partial charge in [-0.3, -0.25) is 0 Å². The molecule has 0 atom stereocenters. The summed E-state index contributed by atoms with van der Waals surface area (Å²) < 4.78 is 2.04. The SMILES string of the molecule is Nc1nc[nH]c1-c1nccn1Cc1ccccc1. The van der Waals surface area contributed by atoms with E-state index in [9.17, 15) is 0 Å². The molecule has 90 valence electrons. The lowest BCUT2D eigenvalue weighted by Crippen LogP contribution is -2.02. The Morgan fingerprint density at radius 3 is 2.72 bits per heavy atom. The number of nitrogens with zero attached hydrogens (tertiary/aromatic N) is 3. The van der Waals surface area contributed by atoms with Gasteiger partial charge in [-0.2, -0.15) is 0 Å². The lowest BCUT2D eigenvalue weighted by atomic mass is 10.2. The van der Waals surface area contributed by atoms with Crippen LogP contribution < -0.4 is 5.73 Å².